The first kappa shape index (κ1) is 49.7. The van der Waals surface area contributed by atoms with Gasteiger partial charge in [-0.05, 0) is 177 Å². The summed E-state index contributed by atoms with van der Waals surface area (Å²) < 4.78 is 15.2. The van der Waals surface area contributed by atoms with Gasteiger partial charge in [-0.15, -0.1) is 0 Å². The Labute approximate surface area is 445 Å². The van der Waals surface area contributed by atoms with Gasteiger partial charge in [0, 0.05) is 72.5 Å². The molecule has 2 N–H and O–H groups in total. The Hall–Kier alpha value is -0.320. The zero-order chi connectivity index (χ0) is 48.1. The van der Waals surface area contributed by atoms with Crippen molar-refractivity contribution in [3.63, 3.8) is 0 Å². The van der Waals surface area contributed by atoms with E-state index in [4.69, 9.17) is 14.8 Å². The number of likely N-dealkylation sites (tertiary alicyclic amines) is 2. The van der Waals surface area contributed by atoms with Crippen LogP contribution in [0.4, 0.5) is 0 Å². The van der Waals surface area contributed by atoms with E-state index in [1.165, 1.54) is 250 Å². The fourth-order valence-corrected chi connectivity index (χ4v) is 23.9. The van der Waals surface area contributed by atoms with E-state index in [0.717, 1.165) is 59.7 Å². The average molecular weight is 1010 g/mol. The van der Waals surface area contributed by atoms with Crippen LogP contribution < -0.4 is 10.6 Å². The van der Waals surface area contributed by atoms with Crippen molar-refractivity contribution in [3.8, 4) is 0 Å². The summed E-state index contributed by atoms with van der Waals surface area (Å²) in [6, 6.07) is 7.89. The molecule has 6 saturated heterocycles. The lowest BCUT2D eigenvalue weighted by Crippen LogP contribution is -2.84. The minimum Gasteiger partial charge on any atom is -0.372 e. The van der Waals surface area contributed by atoms with Gasteiger partial charge in [-0.1, -0.05) is 122 Å². The normalized spacial score (nSPS) is 54.1. The number of fused-ring (bicyclic) bond motifs is 10. The molecule has 9 aliphatic carbocycles. The third-order valence-electron chi connectivity index (χ3n) is 26.3. The topological polar surface area (TPSA) is 55.5 Å². The molecule has 15 fully saturated rings. The third kappa shape index (κ3) is 8.64. The molecule has 15 aliphatic rings. The first-order chi connectivity index (χ1) is 36.2. The largest absolute Gasteiger partial charge is 0.372 e. The van der Waals surface area contributed by atoms with Crippen LogP contribution in [0.1, 0.15) is 257 Å². The maximum Gasteiger partial charge on any atom is 0.0780 e. The molecule has 6 aliphatic heterocycles. The molecule has 24 unspecified atom stereocenters. The molecule has 24 atom stereocenters. The highest BCUT2D eigenvalue weighted by atomic mass is 16.5. The molecule has 0 bridgehead atoms. The van der Waals surface area contributed by atoms with Gasteiger partial charge < -0.3 is 14.8 Å². The molecular formula is C65H108N6O2. The second-order valence-corrected chi connectivity index (χ2v) is 29.5. The van der Waals surface area contributed by atoms with E-state index in [-0.39, 0.29) is 0 Å². The van der Waals surface area contributed by atoms with Crippen molar-refractivity contribution in [1.82, 2.24) is 30.2 Å². The maximum atomic E-state index is 7.58. The van der Waals surface area contributed by atoms with E-state index in [1.807, 2.05) is 0 Å². The fourth-order valence-electron chi connectivity index (χ4n) is 23.9. The molecule has 0 radical (unpaired) electrons. The molecule has 0 spiro atoms. The Kier molecular flexibility index (Phi) is 14.5. The Bertz CT molecular complexity index is 1670. The molecule has 0 aromatic heterocycles. The Morgan fingerprint density at radius 2 is 0.589 bits per heavy atom. The summed E-state index contributed by atoms with van der Waals surface area (Å²) in [6.07, 6.45) is 58.2. The van der Waals surface area contributed by atoms with Crippen LogP contribution in [0.2, 0.25) is 0 Å². The second kappa shape index (κ2) is 21.3. The maximum absolute atomic E-state index is 7.58. The van der Waals surface area contributed by atoms with Crippen molar-refractivity contribution < 1.29 is 9.47 Å². The summed E-state index contributed by atoms with van der Waals surface area (Å²) in [5.74, 6) is 5.98. The number of nitrogens with one attached hydrogen (secondary N) is 2. The van der Waals surface area contributed by atoms with Crippen molar-refractivity contribution in [2.24, 2.45) is 41.4 Å². The molecule has 8 heteroatoms. The number of ether oxygens (including phenoxy) is 2. The average Bonchev–Trinajstić information content (AvgIpc) is 3.96. The minimum atomic E-state index is 0.397. The van der Waals surface area contributed by atoms with Crippen molar-refractivity contribution in [1.29, 1.82) is 0 Å². The van der Waals surface area contributed by atoms with E-state index < -0.39 is 0 Å². The second-order valence-electron chi connectivity index (χ2n) is 29.5. The van der Waals surface area contributed by atoms with Crippen LogP contribution in [0, 0.1) is 41.4 Å². The van der Waals surface area contributed by atoms with Gasteiger partial charge >= 0.3 is 0 Å². The number of hydrogen-bond donors (Lipinski definition) is 2. The number of morpholine rings is 2. The summed E-state index contributed by atoms with van der Waals surface area (Å²) in [5.41, 5.74) is 0. The lowest BCUT2D eigenvalue weighted by Gasteiger charge is -2.68. The Balaban J connectivity index is 0.982. The van der Waals surface area contributed by atoms with Crippen molar-refractivity contribution in [2.75, 3.05) is 0 Å². The monoisotopic (exact) mass is 1000 g/mol. The van der Waals surface area contributed by atoms with Crippen LogP contribution in [0.15, 0.2) is 0 Å². The van der Waals surface area contributed by atoms with Crippen LogP contribution in [-0.2, 0) is 9.47 Å². The van der Waals surface area contributed by atoms with Crippen molar-refractivity contribution in [2.45, 2.75) is 367 Å². The van der Waals surface area contributed by atoms with Gasteiger partial charge in [0.25, 0.3) is 0 Å². The van der Waals surface area contributed by atoms with Gasteiger partial charge in [0.05, 0.1) is 36.7 Å². The lowest BCUT2D eigenvalue weighted by atomic mass is 9.60. The summed E-state index contributed by atoms with van der Waals surface area (Å²) in [7, 11) is 0. The fraction of sp³-hybridized carbons (Fsp3) is 1.00. The van der Waals surface area contributed by atoms with Gasteiger partial charge in [-0.3, -0.25) is 24.9 Å². The molecule has 8 nitrogen and oxygen atoms in total. The van der Waals surface area contributed by atoms with Gasteiger partial charge in [0.15, 0.2) is 0 Å². The van der Waals surface area contributed by atoms with Crippen LogP contribution in [0.3, 0.4) is 0 Å². The third-order valence-corrected chi connectivity index (χ3v) is 26.3. The van der Waals surface area contributed by atoms with E-state index in [1.54, 1.807) is 0 Å². The molecule has 73 heavy (non-hydrogen) atoms. The van der Waals surface area contributed by atoms with Crippen LogP contribution in [0.5, 0.6) is 0 Å². The highest BCUT2D eigenvalue weighted by Crippen LogP contribution is 2.60. The zero-order valence-corrected chi connectivity index (χ0v) is 46.6. The standard InChI is InChI=1S/C65H108N6O2/c1-41-21-20-28-48(66-41)42-22-2-3-27-47(42)61-62(68-49-29-8-4-23-43(49)44-24-5-9-30-50(44)68)64(70-53-33-12-16-37-57(53)72-58-38-17-13-34-54(58)70)67-65(71-55-35-14-18-39-59(55)73-60-40-19-15-36-56(60)71)63(61)69-51-31-10-6-25-45(51)46-26-7-11-32-52(46)69/h41-67H,2-40H2,1H3. The van der Waals surface area contributed by atoms with Crippen molar-refractivity contribution >= 4 is 0 Å². The lowest BCUT2D eigenvalue weighted by molar-refractivity contribution is -0.243. The highest BCUT2D eigenvalue weighted by molar-refractivity contribution is 5.21. The number of rotatable bonds is 6. The van der Waals surface area contributed by atoms with Gasteiger partial charge in [-0.25, -0.2) is 0 Å². The van der Waals surface area contributed by atoms with E-state index >= 15 is 0 Å². The number of hydrogen-bond acceptors (Lipinski definition) is 8. The Morgan fingerprint density at radius 3 is 0.959 bits per heavy atom. The van der Waals surface area contributed by atoms with Gasteiger partial charge in [0.1, 0.15) is 0 Å². The Morgan fingerprint density at radius 1 is 0.274 bits per heavy atom. The van der Waals surface area contributed by atoms with E-state index in [0.29, 0.717) is 91.0 Å². The molecule has 410 valence electrons. The highest BCUT2D eigenvalue weighted by Gasteiger charge is 2.67. The smallest absolute Gasteiger partial charge is 0.0780 e. The summed E-state index contributed by atoms with van der Waals surface area (Å²) in [4.78, 5) is 14.2. The molecule has 6 heterocycles. The van der Waals surface area contributed by atoms with Crippen LogP contribution in [-0.4, -0.2) is 129 Å². The SMILES string of the molecule is CC1CCCC(C2CCCCC2C2C(N3C4CCCCC4C4CCCCC43)C(N3C4CCCCC4OC4CCCCC43)NC(N3C4CCCCC4OC4CCCCC43)C2N2C3CCCCC3C3CCCCC32)N1. The van der Waals surface area contributed by atoms with Crippen LogP contribution >= 0.6 is 0 Å². The molecule has 9 saturated carbocycles. The number of piperidine rings is 2. The molecular weight excluding hydrogens is 897 g/mol. The predicted octanol–water partition coefficient (Wildman–Crippen LogP) is 12.7. The van der Waals surface area contributed by atoms with Gasteiger partial charge in [0.2, 0.25) is 0 Å². The van der Waals surface area contributed by atoms with Crippen molar-refractivity contribution in [3.05, 3.63) is 0 Å². The minimum absolute atomic E-state index is 0.397. The molecule has 0 aromatic rings. The number of nitrogens with zero attached hydrogens (tertiary/aromatic N) is 4. The first-order valence-corrected chi connectivity index (χ1v) is 34.1. The summed E-state index contributed by atoms with van der Waals surface area (Å²) >= 11 is 0. The summed E-state index contributed by atoms with van der Waals surface area (Å²) in [6.45, 7) is 2.57. The first-order valence-electron chi connectivity index (χ1n) is 34.1. The van der Waals surface area contributed by atoms with Gasteiger partial charge in [-0.2, -0.15) is 0 Å². The van der Waals surface area contributed by atoms with Crippen LogP contribution in [0.25, 0.3) is 0 Å². The molecule has 15 rings (SSSR count). The zero-order valence-electron chi connectivity index (χ0n) is 46.6. The molecule has 0 amide bonds. The van der Waals surface area contributed by atoms with E-state index in [2.05, 4.69) is 31.8 Å². The molecule has 0 aromatic carbocycles. The summed E-state index contributed by atoms with van der Waals surface area (Å²) in [5, 5.41) is 9.88. The quantitative estimate of drug-likeness (QED) is 0.273. The van der Waals surface area contributed by atoms with E-state index in [9.17, 15) is 0 Å². The predicted molar refractivity (Wildman–Crippen MR) is 294 cm³/mol.